The first-order valence-corrected chi connectivity index (χ1v) is 25.9. The van der Waals surface area contributed by atoms with Crippen LogP contribution in [0.15, 0.2) is 78.9 Å². The van der Waals surface area contributed by atoms with Crippen molar-refractivity contribution in [3.8, 4) is 28.4 Å². The van der Waals surface area contributed by atoms with Gasteiger partial charge in [0.15, 0.2) is 20.7 Å². The monoisotopic (exact) mass is 958 g/mol. The maximum Gasteiger partial charge on any atom is 0.411 e. The Bertz CT molecular complexity index is 2360. The third-order valence-electron chi connectivity index (χ3n) is 12.2. The van der Waals surface area contributed by atoms with Crippen molar-refractivity contribution in [1.82, 2.24) is 15.5 Å². The van der Waals surface area contributed by atoms with Crippen LogP contribution < -0.4 is 36.1 Å². The van der Waals surface area contributed by atoms with Crippen molar-refractivity contribution < 1.29 is 47.7 Å². The SMILES string of the molecule is COc1cc(NC(=O)OCCCNC(=O)CCN2CCC(OC(=O)Nc3ccccc3-c3ccccc3)CC2)c(Cl)cc1CNCC(O[Si](C)(C)C(C)(C)C)c1ccc(O)c2c1OCC(=O)N2. The fourth-order valence-electron chi connectivity index (χ4n) is 7.50. The number of hydrogen-bond acceptors (Lipinski definition) is 12. The van der Waals surface area contributed by atoms with Gasteiger partial charge in [0, 0.05) is 68.4 Å². The summed E-state index contributed by atoms with van der Waals surface area (Å²) in [6, 6.07) is 24.1. The number of nitrogens with one attached hydrogen (secondary N) is 5. The number of phenols is 1. The highest BCUT2D eigenvalue weighted by atomic mass is 35.5. The molecule has 18 heteroatoms. The molecule has 1 saturated heterocycles. The van der Waals surface area contributed by atoms with Crippen molar-refractivity contribution in [2.75, 3.05) is 69.0 Å². The zero-order valence-electron chi connectivity index (χ0n) is 39.1. The molecule has 0 bridgehead atoms. The van der Waals surface area contributed by atoms with Gasteiger partial charge in [-0.1, -0.05) is 80.9 Å². The van der Waals surface area contributed by atoms with E-state index >= 15 is 0 Å². The van der Waals surface area contributed by atoms with E-state index in [2.05, 4.69) is 65.3 Å². The fourth-order valence-corrected chi connectivity index (χ4v) is 9.01. The lowest BCUT2D eigenvalue weighted by molar-refractivity contribution is -0.121. The largest absolute Gasteiger partial charge is 0.506 e. The minimum atomic E-state index is -2.33. The van der Waals surface area contributed by atoms with Crippen molar-refractivity contribution in [1.29, 1.82) is 0 Å². The number of para-hydroxylation sites is 1. The number of rotatable bonds is 19. The summed E-state index contributed by atoms with van der Waals surface area (Å²) in [4.78, 5) is 52.4. The van der Waals surface area contributed by atoms with E-state index in [1.165, 1.54) is 13.2 Å². The minimum absolute atomic E-state index is 0.0710. The molecule has 4 aromatic carbocycles. The first-order valence-electron chi connectivity index (χ1n) is 22.6. The quantitative estimate of drug-likeness (QED) is 0.0297. The highest BCUT2D eigenvalue weighted by Crippen LogP contribution is 2.46. The fraction of sp³-hybridized carbons (Fsp3) is 0.429. The van der Waals surface area contributed by atoms with E-state index in [9.17, 15) is 24.3 Å². The summed E-state index contributed by atoms with van der Waals surface area (Å²) in [5.74, 6) is 0.297. The molecule has 6 N–H and O–H groups in total. The van der Waals surface area contributed by atoms with Gasteiger partial charge in [-0.2, -0.15) is 0 Å². The molecule has 0 radical (unpaired) electrons. The standard InChI is InChI=1S/C49H63ClN6O10Si/c1-49(2,3)67(5,6)66-42(36-17-18-40(57)45-46(36)64-31-44(59)55-45)30-51-29-33-27-37(50)39(28-41(33)62-4)54-47(60)63-26-12-22-52-43(58)21-25-56-23-19-34(20-24-56)65-48(61)53-38-16-11-10-15-35(38)32-13-8-7-9-14-32/h7-11,13-18,27-28,34,42,51,57H,12,19-26,29-31H2,1-6H3,(H,52,58)(H,53,61)(H,54,60)(H,55,59). The second-order valence-electron chi connectivity index (χ2n) is 18.1. The molecule has 1 unspecified atom stereocenters. The molecule has 360 valence electrons. The molecule has 0 saturated carbocycles. The lowest BCUT2D eigenvalue weighted by Crippen LogP contribution is -2.43. The number of likely N-dealkylation sites (tertiary alicyclic amines) is 1. The molecule has 0 aromatic heterocycles. The number of nitrogens with zero attached hydrogens (tertiary/aromatic N) is 1. The summed E-state index contributed by atoms with van der Waals surface area (Å²) < 4.78 is 29.5. The first kappa shape index (κ1) is 50.6. The number of hydrogen-bond donors (Lipinski definition) is 6. The van der Waals surface area contributed by atoms with Crippen LogP contribution in [0.2, 0.25) is 23.2 Å². The third-order valence-corrected chi connectivity index (χ3v) is 17.0. The van der Waals surface area contributed by atoms with E-state index in [1.807, 2.05) is 54.6 Å². The number of fused-ring (bicyclic) bond motifs is 1. The van der Waals surface area contributed by atoms with Gasteiger partial charge in [0.05, 0.1) is 36.2 Å². The third kappa shape index (κ3) is 14.1. The average molecular weight is 960 g/mol. The van der Waals surface area contributed by atoms with E-state index < -0.39 is 26.6 Å². The Morgan fingerprint density at radius 1 is 0.970 bits per heavy atom. The average Bonchev–Trinajstić information content (AvgIpc) is 3.29. The van der Waals surface area contributed by atoms with Gasteiger partial charge in [-0.25, -0.2) is 9.59 Å². The summed E-state index contributed by atoms with van der Waals surface area (Å²) in [6.45, 7) is 13.7. The highest BCUT2D eigenvalue weighted by molar-refractivity contribution is 6.74. The topological polar surface area (TPSA) is 198 Å². The van der Waals surface area contributed by atoms with Gasteiger partial charge >= 0.3 is 12.2 Å². The zero-order valence-corrected chi connectivity index (χ0v) is 40.8. The minimum Gasteiger partial charge on any atom is -0.506 e. The van der Waals surface area contributed by atoms with Crippen LogP contribution in [-0.4, -0.2) is 101 Å². The normalized spacial score (nSPS) is 14.8. The van der Waals surface area contributed by atoms with Gasteiger partial charge in [0.25, 0.3) is 5.91 Å². The van der Waals surface area contributed by atoms with Crippen LogP contribution in [0.5, 0.6) is 17.2 Å². The molecule has 0 spiro atoms. The Balaban J connectivity index is 0.891. The van der Waals surface area contributed by atoms with Crippen molar-refractivity contribution in [2.24, 2.45) is 0 Å². The number of carbonyl (C=O) groups is 4. The smallest absolute Gasteiger partial charge is 0.411 e. The summed E-state index contributed by atoms with van der Waals surface area (Å²) in [5, 5.41) is 25.3. The number of anilines is 3. The molecular formula is C49H63ClN6O10Si. The Kier molecular flexibility index (Phi) is 17.5. The molecular weight excluding hydrogens is 896 g/mol. The number of ether oxygens (including phenoxy) is 4. The number of methoxy groups -OCH3 is 1. The number of amides is 4. The molecule has 1 fully saturated rings. The molecule has 67 heavy (non-hydrogen) atoms. The predicted molar refractivity (Wildman–Crippen MR) is 262 cm³/mol. The van der Waals surface area contributed by atoms with Crippen molar-refractivity contribution >= 4 is 61.0 Å². The van der Waals surface area contributed by atoms with Crippen LogP contribution in [-0.2, 0) is 30.0 Å². The Labute approximate surface area is 398 Å². The second kappa shape index (κ2) is 23.2. The van der Waals surface area contributed by atoms with Crippen molar-refractivity contribution in [2.45, 2.75) is 83.3 Å². The van der Waals surface area contributed by atoms with Gasteiger partial charge in [-0.15, -0.1) is 0 Å². The van der Waals surface area contributed by atoms with Gasteiger partial charge in [-0.05, 0) is 67.2 Å². The molecule has 2 heterocycles. The van der Waals surface area contributed by atoms with Crippen LogP contribution in [0, 0.1) is 0 Å². The van der Waals surface area contributed by atoms with Gasteiger partial charge in [0.1, 0.15) is 23.3 Å². The van der Waals surface area contributed by atoms with Crippen molar-refractivity contribution in [3.05, 3.63) is 95.0 Å². The number of carbonyl (C=O) groups excluding carboxylic acids is 4. The maximum absolute atomic E-state index is 12.8. The summed E-state index contributed by atoms with van der Waals surface area (Å²) in [5.41, 5.74) is 4.55. The van der Waals surface area contributed by atoms with Gasteiger partial charge in [-0.3, -0.25) is 20.2 Å². The zero-order chi connectivity index (χ0) is 48.1. The molecule has 16 nitrogen and oxygen atoms in total. The van der Waals surface area contributed by atoms with Crippen LogP contribution >= 0.6 is 11.6 Å². The predicted octanol–water partition coefficient (Wildman–Crippen LogP) is 9.06. The molecule has 1 atom stereocenters. The number of benzene rings is 4. The first-order chi connectivity index (χ1) is 32.0. The van der Waals surface area contributed by atoms with Gasteiger partial charge < -0.3 is 49.3 Å². The van der Waals surface area contributed by atoms with Crippen LogP contribution in [0.1, 0.15) is 63.7 Å². The molecule has 2 aliphatic heterocycles. The summed E-state index contributed by atoms with van der Waals surface area (Å²) in [7, 11) is -0.805. The van der Waals surface area contributed by atoms with E-state index in [-0.39, 0.29) is 52.6 Å². The summed E-state index contributed by atoms with van der Waals surface area (Å²) in [6.07, 6.45) is 0.183. The molecule has 6 rings (SSSR count). The number of piperidine rings is 1. The van der Waals surface area contributed by atoms with Crippen LogP contribution in [0.3, 0.4) is 0 Å². The molecule has 0 aliphatic carbocycles. The Hall–Kier alpha value is -5.85. The van der Waals surface area contributed by atoms with E-state index in [4.69, 9.17) is 35.0 Å². The lowest BCUT2D eigenvalue weighted by atomic mass is 10.0. The van der Waals surface area contributed by atoms with Crippen LogP contribution in [0.4, 0.5) is 26.7 Å². The molecule has 4 aromatic rings. The molecule has 4 amide bonds. The maximum atomic E-state index is 12.8. The molecule has 2 aliphatic rings. The van der Waals surface area contributed by atoms with E-state index in [0.29, 0.717) is 93.4 Å². The van der Waals surface area contributed by atoms with Crippen molar-refractivity contribution in [3.63, 3.8) is 0 Å². The number of halogens is 1. The van der Waals surface area contributed by atoms with Gasteiger partial charge in [0.2, 0.25) is 5.91 Å². The van der Waals surface area contributed by atoms with Crippen LogP contribution in [0.25, 0.3) is 11.1 Å². The summed E-state index contributed by atoms with van der Waals surface area (Å²) >= 11 is 6.64. The number of phenolic OH excluding ortho intramolecular Hbond substituents is 1. The number of aromatic hydroxyl groups is 1. The lowest BCUT2D eigenvalue weighted by Gasteiger charge is -2.40. The highest BCUT2D eigenvalue weighted by Gasteiger charge is 2.40. The second-order valence-corrected chi connectivity index (χ2v) is 23.2. The van der Waals surface area contributed by atoms with E-state index in [0.717, 1.165) is 16.7 Å². The van der Waals surface area contributed by atoms with E-state index in [1.54, 1.807) is 18.2 Å². The Morgan fingerprint density at radius 2 is 1.69 bits per heavy atom. The Morgan fingerprint density at radius 3 is 2.42 bits per heavy atom.